The van der Waals surface area contributed by atoms with Gasteiger partial charge in [-0.1, -0.05) is 0 Å². The van der Waals surface area contributed by atoms with Crippen molar-refractivity contribution in [3.63, 3.8) is 0 Å². The van der Waals surface area contributed by atoms with Crippen LogP contribution in [0.2, 0.25) is 0 Å². The quantitative estimate of drug-likeness (QED) is 0.865. The van der Waals surface area contributed by atoms with Gasteiger partial charge in [0.05, 0.1) is 16.5 Å². The van der Waals surface area contributed by atoms with E-state index in [4.69, 9.17) is 4.42 Å². The molecule has 0 aliphatic rings. The van der Waals surface area contributed by atoms with Gasteiger partial charge in [0, 0.05) is 0 Å². The fourth-order valence-electron chi connectivity index (χ4n) is 1.30. The molecular weight excluding hydrogens is 244 g/mol. The first-order valence-electron chi connectivity index (χ1n) is 5.03. The average molecular weight is 256 g/mol. The second kappa shape index (κ2) is 3.92. The number of aromatic nitrogens is 1. The van der Waals surface area contributed by atoms with E-state index < -0.39 is 21.0 Å². The Balaban J connectivity index is 2.41. The summed E-state index contributed by atoms with van der Waals surface area (Å²) in [5, 5.41) is -0.526. The Morgan fingerprint density at radius 3 is 2.71 bits per heavy atom. The Bertz CT molecular complexity index is 696. The highest BCUT2D eigenvalue weighted by molar-refractivity contribution is 7.93. The zero-order valence-electron chi connectivity index (χ0n) is 9.35. The maximum absolute atomic E-state index is 11.6. The monoisotopic (exact) mass is 256 g/mol. The van der Waals surface area contributed by atoms with Gasteiger partial charge in [0.15, 0.2) is 5.58 Å². The van der Waals surface area contributed by atoms with E-state index in [2.05, 4.69) is 9.71 Å². The highest BCUT2D eigenvalue weighted by Gasteiger charge is 2.15. The van der Waals surface area contributed by atoms with Crippen molar-refractivity contribution in [3.05, 3.63) is 28.7 Å². The van der Waals surface area contributed by atoms with E-state index >= 15 is 0 Å². The largest absolute Gasteiger partial charge is 0.417 e. The molecule has 0 saturated heterocycles. The normalized spacial score (nSPS) is 12.2. The van der Waals surface area contributed by atoms with Crippen LogP contribution in [-0.4, -0.2) is 18.7 Å². The summed E-state index contributed by atoms with van der Waals surface area (Å²) < 4.78 is 30.5. The third kappa shape index (κ3) is 2.33. The molecule has 17 heavy (non-hydrogen) atoms. The molecule has 0 atom stereocenters. The minimum absolute atomic E-state index is 0.391. The third-order valence-electron chi connectivity index (χ3n) is 2.30. The van der Waals surface area contributed by atoms with Crippen LogP contribution in [-0.2, 0) is 10.0 Å². The Morgan fingerprint density at radius 1 is 1.35 bits per heavy atom. The molecule has 0 fully saturated rings. The number of aromatic amines is 1. The van der Waals surface area contributed by atoms with Gasteiger partial charge in [-0.15, -0.1) is 0 Å². The van der Waals surface area contributed by atoms with Crippen LogP contribution in [0.3, 0.4) is 0 Å². The van der Waals surface area contributed by atoms with Crippen molar-refractivity contribution in [3.8, 4) is 0 Å². The molecule has 2 N–H and O–H groups in total. The number of rotatable bonds is 3. The van der Waals surface area contributed by atoms with Gasteiger partial charge in [0.25, 0.3) is 0 Å². The van der Waals surface area contributed by atoms with Crippen LogP contribution in [0.4, 0.5) is 5.69 Å². The van der Waals surface area contributed by atoms with Crippen molar-refractivity contribution < 1.29 is 12.8 Å². The fraction of sp³-hybridized carbons (Fsp3) is 0.300. The van der Waals surface area contributed by atoms with Gasteiger partial charge in [0.1, 0.15) is 0 Å². The molecule has 0 saturated carbocycles. The van der Waals surface area contributed by atoms with Gasteiger partial charge in [-0.05, 0) is 32.0 Å². The SMILES string of the molecule is CC(C)S(=O)(=O)Nc1ccc2oc(=O)[nH]c2c1. The lowest BCUT2D eigenvalue weighted by molar-refractivity contribution is 0.555. The van der Waals surface area contributed by atoms with Crippen molar-refractivity contribution in [2.45, 2.75) is 19.1 Å². The number of H-pyrrole nitrogens is 1. The minimum Gasteiger partial charge on any atom is -0.408 e. The summed E-state index contributed by atoms with van der Waals surface area (Å²) in [4.78, 5) is 13.4. The van der Waals surface area contributed by atoms with Gasteiger partial charge >= 0.3 is 5.76 Å². The molecule has 6 nitrogen and oxygen atoms in total. The summed E-state index contributed by atoms with van der Waals surface area (Å²) >= 11 is 0. The van der Waals surface area contributed by atoms with Crippen LogP contribution in [0.1, 0.15) is 13.8 Å². The van der Waals surface area contributed by atoms with Gasteiger partial charge in [-0.25, -0.2) is 13.2 Å². The van der Waals surface area contributed by atoms with Crippen LogP contribution in [0.15, 0.2) is 27.4 Å². The molecule has 0 bridgehead atoms. The third-order valence-corrected chi connectivity index (χ3v) is 4.06. The van der Waals surface area contributed by atoms with E-state index in [1.807, 2.05) is 0 Å². The lowest BCUT2D eigenvalue weighted by atomic mass is 10.3. The van der Waals surface area contributed by atoms with Crippen LogP contribution in [0, 0.1) is 0 Å². The second-order valence-electron chi connectivity index (χ2n) is 3.92. The molecule has 0 amide bonds. The lowest BCUT2D eigenvalue weighted by Crippen LogP contribution is -2.22. The van der Waals surface area contributed by atoms with Crippen LogP contribution in [0.25, 0.3) is 11.1 Å². The summed E-state index contributed by atoms with van der Waals surface area (Å²) in [7, 11) is -3.39. The van der Waals surface area contributed by atoms with Crippen LogP contribution < -0.4 is 10.5 Å². The van der Waals surface area contributed by atoms with E-state index in [0.717, 1.165) is 0 Å². The first kappa shape index (κ1) is 11.7. The summed E-state index contributed by atoms with van der Waals surface area (Å²) in [5.41, 5.74) is 1.24. The first-order valence-corrected chi connectivity index (χ1v) is 6.57. The zero-order chi connectivity index (χ0) is 12.6. The number of hydrogen-bond acceptors (Lipinski definition) is 4. The van der Waals surface area contributed by atoms with E-state index in [0.29, 0.717) is 16.8 Å². The molecule has 0 aliphatic heterocycles. The Hall–Kier alpha value is -1.76. The molecule has 1 aromatic carbocycles. The highest BCUT2D eigenvalue weighted by atomic mass is 32.2. The predicted molar refractivity (Wildman–Crippen MR) is 64.5 cm³/mol. The van der Waals surface area contributed by atoms with E-state index in [9.17, 15) is 13.2 Å². The summed E-state index contributed by atoms with van der Waals surface area (Å²) in [6, 6.07) is 4.59. The maximum atomic E-state index is 11.6. The van der Waals surface area contributed by atoms with E-state index in [-0.39, 0.29) is 0 Å². The molecule has 2 rings (SSSR count). The highest BCUT2D eigenvalue weighted by Crippen LogP contribution is 2.18. The molecule has 7 heteroatoms. The lowest BCUT2D eigenvalue weighted by Gasteiger charge is -2.10. The number of hydrogen-bond donors (Lipinski definition) is 2. The van der Waals surface area contributed by atoms with Gasteiger partial charge in [-0.3, -0.25) is 9.71 Å². The molecule has 0 unspecified atom stereocenters. The summed E-state index contributed by atoms with van der Waals surface area (Å²) in [6.45, 7) is 3.17. The Kier molecular flexibility index (Phi) is 2.70. The van der Waals surface area contributed by atoms with Crippen molar-refractivity contribution in [1.82, 2.24) is 4.98 Å². The van der Waals surface area contributed by atoms with Crippen molar-refractivity contribution in [2.24, 2.45) is 0 Å². The number of benzene rings is 1. The predicted octanol–water partition coefficient (Wildman–Crippen LogP) is 1.27. The number of oxazole rings is 1. The first-order chi connectivity index (χ1) is 7.88. The standard InChI is InChI=1S/C10H12N2O4S/c1-6(2)17(14,15)12-7-3-4-9-8(5-7)11-10(13)16-9/h3-6,12H,1-2H3,(H,11,13). The number of fused-ring (bicyclic) bond motifs is 1. The second-order valence-corrected chi connectivity index (χ2v) is 6.16. The van der Waals surface area contributed by atoms with Crippen molar-refractivity contribution in [2.75, 3.05) is 4.72 Å². The number of anilines is 1. The van der Waals surface area contributed by atoms with Gasteiger partial charge < -0.3 is 4.42 Å². The summed E-state index contributed by atoms with van der Waals surface area (Å²) in [6.07, 6.45) is 0. The number of nitrogens with one attached hydrogen (secondary N) is 2. The molecule has 92 valence electrons. The zero-order valence-corrected chi connectivity index (χ0v) is 10.2. The average Bonchev–Trinajstić information content (AvgIpc) is 2.56. The van der Waals surface area contributed by atoms with Crippen LogP contribution in [0.5, 0.6) is 0 Å². The molecule has 0 aliphatic carbocycles. The molecule has 1 aromatic heterocycles. The van der Waals surface area contributed by atoms with Crippen LogP contribution >= 0.6 is 0 Å². The summed E-state index contributed by atoms with van der Waals surface area (Å²) in [5.74, 6) is -0.566. The Labute approximate surface area is 97.7 Å². The molecule has 0 radical (unpaired) electrons. The molecule has 1 heterocycles. The van der Waals surface area contributed by atoms with E-state index in [1.54, 1.807) is 19.9 Å². The minimum atomic E-state index is -3.39. The Morgan fingerprint density at radius 2 is 2.06 bits per heavy atom. The molecular formula is C10H12N2O4S. The molecule has 0 spiro atoms. The number of sulfonamides is 1. The fourth-order valence-corrected chi connectivity index (χ4v) is 1.99. The van der Waals surface area contributed by atoms with Gasteiger partial charge in [0.2, 0.25) is 10.0 Å². The van der Waals surface area contributed by atoms with Crippen molar-refractivity contribution >= 4 is 26.8 Å². The van der Waals surface area contributed by atoms with Gasteiger partial charge in [-0.2, -0.15) is 0 Å². The van der Waals surface area contributed by atoms with Crippen molar-refractivity contribution in [1.29, 1.82) is 0 Å². The van der Waals surface area contributed by atoms with E-state index in [1.165, 1.54) is 12.1 Å². The molecule has 2 aromatic rings. The smallest absolute Gasteiger partial charge is 0.408 e. The topological polar surface area (TPSA) is 92.2 Å². The maximum Gasteiger partial charge on any atom is 0.417 e.